The van der Waals surface area contributed by atoms with E-state index in [-0.39, 0.29) is 5.54 Å². The first-order valence-corrected chi connectivity index (χ1v) is 6.26. The molecule has 15 heavy (non-hydrogen) atoms. The Kier molecular flexibility index (Phi) is 3.65. The second kappa shape index (κ2) is 4.81. The molecule has 0 amide bonds. The van der Waals surface area contributed by atoms with E-state index in [1.54, 1.807) is 0 Å². The summed E-state index contributed by atoms with van der Waals surface area (Å²) >= 11 is 0. The fraction of sp³-hybridized carbons (Fsp3) is 1.00. The molecule has 3 unspecified atom stereocenters. The standard InChI is InChI=1S/C12H24N2O/c1-12(5-2-6-15-9-12)14-8-10-3-4-11(13)7-10/h10-11,14H,2-9,13H2,1H3. The van der Waals surface area contributed by atoms with Gasteiger partial charge in [-0.05, 0) is 51.5 Å². The molecule has 1 saturated heterocycles. The van der Waals surface area contributed by atoms with Crippen LogP contribution in [0.15, 0.2) is 0 Å². The van der Waals surface area contributed by atoms with Gasteiger partial charge in [-0.3, -0.25) is 0 Å². The van der Waals surface area contributed by atoms with Crippen molar-refractivity contribution >= 4 is 0 Å². The molecule has 1 heterocycles. The Morgan fingerprint density at radius 2 is 2.33 bits per heavy atom. The molecule has 3 atom stereocenters. The second-order valence-electron chi connectivity index (χ2n) is 5.54. The molecule has 2 aliphatic rings. The van der Waals surface area contributed by atoms with Crippen molar-refractivity contribution in [3.05, 3.63) is 0 Å². The monoisotopic (exact) mass is 212 g/mol. The van der Waals surface area contributed by atoms with Gasteiger partial charge in [-0.25, -0.2) is 0 Å². The predicted octanol–water partition coefficient (Wildman–Crippen LogP) is 1.27. The first kappa shape index (κ1) is 11.4. The van der Waals surface area contributed by atoms with Crippen LogP contribution in [0.5, 0.6) is 0 Å². The van der Waals surface area contributed by atoms with E-state index in [2.05, 4.69) is 12.2 Å². The lowest BCUT2D eigenvalue weighted by Crippen LogP contribution is -2.50. The maximum absolute atomic E-state index is 5.91. The summed E-state index contributed by atoms with van der Waals surface area (Å²) in [7, 11) is 0. The smallest absolute Gasteiger partial charge is 0.0645 e. The Morgan fingerprint density at radius 1 is 1.47 bits per heavy atom. The van der Waals surface area contributed by atoms with Gasteiger partial charge in [-0.1, -0.05) is 0 Å². The molecule has 1 saturated carbocycles. The largest absolute Gasteiger partial charge is 0.380 e. The summed E-state index contributed by atoms with van der Waals surface area (Å²) in [4.78, 5) is 0. The van der Waals surface area contributed by atoms with Crippen molar-refractivity contribution in [2.75, 3.05) is 19.8 Å². The average Bonchev–Trinajstić information content (AvgIpc) is 2.63. The summed E-state index contributed by atoms with van der Waals surface area (Å²) < 4.78 is 5.53. The van der Waals surface area contributed by atoms with Crippen LogP contribution in [-0.4, -0.2) is 31.3 Å². The van der Waals surface area contributed by atoms with Crippen molar-refractivity contribution in [3.63, 3.8) is 0 Å². The zero-order valence-corrected chi connectivity index (χ0v) is 9.80. The van der Waals surface area contributed by atoms with Crippen molar-refractivity contribution in [1.29, 1.82) is 0 Å². The van der Waals surface area contributed by atoms with Gasteiger partial charge in [-0.2, -0.15) is 0 Å². The topological polar surface area (TPSA) is 47.3 Å². The molecule has 3 N–H and O–H groups in total. The zero-order chi connectivity index (χ0) is 10.7. The number of nitrogens with one attached hydrogen (secondary N) is 1. The van der Waals surface area contributed by atoms with Gasteiger partial charge in [0, 0.05) is 18.2 Å². The van der Waals surface area contributed by atoms with Crippen LogP contribution >= 0.6 is 0 Å². The minimum Gasteiger partial charge on any atom is -0.380 e. The quantitative estimate of drug-likeness (QED) is 0.740. The summed E-state index contributed by atoms with van der Waals surface area (Å²) in [6, 6.07) is 0.451. The molecule has 3 heteroatoms. The molecule has 88 valence electrons. The van der Waals surface area contributed by atoms with E-state index in [4.69, 9.17) is 10.5 Å². The SMILES string of the molecule is CC1(NCC2CCC(N)C2)CCCOC1. The minimum atomic E-state index is 0.213. The zero-order valence-electron chi connectivity index (χ0n) is 9.80. The maximum atomic E-state index is 5.91. The van der Waals surface area contributed by atoms with E-state index in [0.717, 1.165) is 25.7 Å². The lowest BCUT2D eigenvalue weighted by atomic mass is 9.94. The molecule has 0 bridgehead atoms. The van der Waals surface area contributed by atoms with Crippen LogP contribution in [0.4, 0.5) is 0 Å². The van der Waals surface area contributed by atoms with Crippen LogP contribution < -0.4 is 11.1 Å². The first-order chi connectivity index (χ1) is 7.18. The third-order valence-electron chi connectivity index (χ3n) is 3.84. The molecule has 3 nitrogen and oxygen atoms in total. The maximum Gasteiger partial charge on any atom is 0.0645 e. The summed E-state index contributed by atoms with van der Waals surface area (Å²) in [5.41, 5.74) is 6.13. The number of rotatable bonds is 3. The van der Waals surface area contributed by atoms with Gasteiger partial charge >= 0.3 is 0 Å². The van der Waals surface area contributed by atoms with Gasteiger partial charge in [0.05, 0.1) is 6.61 Å². The predicted molar refractivity (Wildman–Crippen MR) is 61.8 cm³/mol. The Morgan fingerprint density at radius 3 is 2.93 bits per heavy atom. The summed E-state index contributed by atoms with van der Waals surface area (Å²) in [5.74, 6) is 0.791. The van der Waals surface area contributed by atoms with E-state index in [1.165, 1.54) is 32.1 Å². The van der Waals surface area contributed by atoms with Crippen molar-refractivity contribution in [2.45, 2.75) is 50.6 Å². The normalized spacial score (nSPS) is 42.0. The third-order valence-corrected chi connectivity index (χ3v) is 3.84. The van der Waals surface area contributed by atoms with Crippen LogP contribution in [-0.2, 0) is 4.74 Å². The van der Waals surface area contributed by atoms with Crippen molar-refractivity contribution in [2.24, 2.45) is 11.7 Å². The fourth-order valence-electron chi connectivity index (χ4n) is 2.76. The first-order valence-electron chi connectivity index (χ1n) is 6.26. The average molecular weight is 212 g/mol. The molecular weight excluding hydrogens is 188 g/mol. The van der Waals surface area contributed by atoms with Crippen molar-refractivity contribution in [3.8, 4) is 0 Å². The molecule has 2 rings (SSSR count). The van der Waals surface area contributed by atoms with E-state index in [1.807, 2.05) is 0 Å². The van der Waals surface area contributed by atoms with Crippen molar-refractivity contribution < 1.29 is 4.74 Å². The molecule has 2 fully saturated rings. The molecular formula is C12H24N2O. The van der Waals surface area contributed by atoms with Gasteiger partial charge < -0.3 is 15.8 Å². The highest BCUT2D eigenvalue weighted by atomic mass is 16.5. The summed E-state index contributed by atoms with van der Waals surface area (Å²) in [6.45, 7) is 5.20. The molecule has 0 aromatic heterocycles. The second-order valence-corrected chi connectivity index (χ2v) is 5.54. The van der Waals surface area contributed by atoms with Crippen LogP contribution in [0.2, 0.25) is 0 Å². The number of ether oxygens (including phenoxy) is 1. The highest BCUT2D eigenvalue weighted by Crippen LogP contribution is 2.25. The van der Waals surface area contributed by atoms with Gasteiger partial charge in [-0.15, -0.1) is 0 Å². The van der Waals surface area contributed by atoms with Gasteiger partial charge in [0.25, 0.3) is 0 Å². The Labute approximate surface area is 92.7 Å². The molecule has 0 aromatic carbocycles. The van der Waals surface area contributed by atoms with Gasteiger partial charge in [0.2, 0.25) is 0 Å². The van der Waals surface area contributed by atoms with Crippen LogP contribution in [0, 0.1) is 5.92 Å². The molecule has 1 aliphatic heterocycles. The van der Waals surface area contributed by atoms with E-state index >= 15 is 0 Å². The van der Waals surface area contributed by atoms with Gasteiger partial charge in [0.15, 0.2) is 0 Å². The summed E-state index contributed by atoms with van der Waals surface area (Å²) in [6.07, 6.45) is 6.13. The molecule has 0 aromatic rings. The Balaban J connectivity index is 1.72. The highest BCUT2D eigenvalue weighted by Gasteiger charge is 2.29. The van der Waals surface area contributed by atoms with Crippen LogP contribution in [0.25, 0.3) is 0 Å². The molecule has 1 aliphatic carbocycles. The van der Waals surface area contributed by atoms with E-state index < -0.39 is 0 Å². The van der Waals surface area contributed by atoms with Crippen LogP contribution in [0.1, 0.15) is 39.0 Å². The highest BCUT2D eigenvalue weighted by molar-refractivity contribution is 4.88. The number of hydrogen-bond acceptors (Lipinski definition) is 3. The van der Waals surface area contributed by atoms with E-state index in [0.29, 0.717) is 6.04 Å². The van der Waals surface area contributed by atoms with Crippen molar-refractivity contribution in [1.82, 2.24) is 5.32 Å². The number of hydrogen-bond donors (Lipinski definition) is 2. The Hall–Kier alpha value is -0.120. The summed E-state index contributed by atoms with van der Waals surface area (Å²) in [5, 5.41) is 3.68. The number of nitrogens with two attached hydrogens (primary N) is 1. The van der Waals surface area contributed by atoms with Gasteiger partial charge in [0.1, 0.15) is 0 Å². The minimum absolute atomic E-state index is 0.213. The fourth-order valence-corrected chi connectivity index (χ4v) is 2.76. The third kappa shape index (κ3) is 3.16. The molecule has 0 spiro atoms. The lowest BCUT2D eigenvalue weighted by Gasteiger charge is -2.35. The molecule has 0 radical (unpaired) electrons. The Bertz CT molecular complexity index is 202. The van der Waals surface area contributed by atoms with Crippen LogP contribution in [0.3, 0.4) is 0 Å². The lowest BCUT2D eigenvalue weighted by molar-refractivity contribution is 0.0269. The van der Waals surface area contributed by atoms with E-state index in [9.17, 15) is 0 Å².